The summed E-state index contributed by atoms with van der Waals surface area (Å²) in [5.41, 5.74) is -0.197. The van der Waals surface area contributed by atoms with Crippen LogP contribution in [0.3, 0.4) is 0 Å². The van der Waals surface area contributed by atoms with Crippen LogP contribution in [0.4, 0.5) is 0 Å². The highest BCUT2D eigenvalue weighted by atomic mass is 16.3. The van der Waals surface area contributed by atoms with Gasteiger partial charge in [0, 0.05) is 12.6 Å². The van der Waals surface area contributed by atoms with Crippen molar-refractivity contribution < 1.29 is 9.90 Å². The second-order valence-corrected chi connectivity index (χ2v) is 6.97. The summed E-state index contributed by atoms with van der Waals surface area (Å²) < 4.78 is 0. The van der Waals surface area contributed by atoms with Crippen LogP contribution in [-0.4, -0.2) is 47.2 Å². The lowest BCUT2D eigenvalue weighted by Gasteiger charge is -2.38. The molecule has 112 valence electrons. The lowest BCUT2D eigenvalue weighted by Crippen LogP contribution is -2.53. The van der Waals surface area contributed by atoms with Gasteiger partial charge in [0.25, 0.3) is 0 Å². The van der Waals surface area contributed by atoms with Crippen molar-refractivity contribution in [1.29, 1.82) is 0 Å². The molecule has 1 aliphatic rings. The van der Waals surface area contributed by atoms with Gasteiger partial charge < -0.3 is 10.4 Å². The van der Waals surface area contributed by atoms with Gasteiger partial charge in [-0.3, -0.25) is 9.69 Å². The maximum absolute atomic E-state index is 12.3. The molecule has 0 aromatic rings. The van der Waals surface area contributed by atoms with Crippen molar-refractivity contribution >= 4 is 5.91 Å². The number of carbonyl (C=O) groups is 1. The van der Waals surface area contributed by atoms with Gasteiger partial charge in [-0.25, -0.2) is 0 Å². The van der Waals surface area contributed by atoms with Gasteiger partial charge in [0.2, 0.25) is 5.91 Å². The van der Waals surface area contributed by atoms with E-state index in [1.807, 2.05) is 20.8 Å². The van der Waals surface area contributed by atoms with Gasteiger partial charge in [-0.15, -0.1) is 0 Å². The highest BCUT2D eigenvalue weighted by molar-refractivity contribution is 5.81. The number of hydrogen-bond acceptors (Lipinski definition) is 3. The molecule has 0 radical (unpaired) electrons. The van der Waals surface area contributed by atoms with Crippen LogP contribution < -0.4 is 5.32 Å². The topological polar surface area (TPSA) is 52.6 Å². The molecule has 4 nitrogen and oxygen atoms in total. The van der Waals surface area contributed by atoms with E-state index in [9.17, 15) is 9.90 Å². The number of carbonyl (C=O) groups excluding carboxylic acids is 1. The fourth-order valence-corrected chi connectivity index (χ4v) is 2.47. The zero-order chi connectivity index (χ0) is 14.6. The maximum atomic E-state index is 12.3. The van der Waals surface area contributed by atoms with Gasteiger partial charge in [0.1, 0.15) is 0 Å². The minimum atomic E-state index is -0.507. The molecule has 1 aliphatic heterocycles. The van der Waals surface area contributed by atoms with Crippen molar-refractivity contribution in [3.05, 3.63) is 0 Å². The number of nitrogens with zero attached hydrogens (tertiary/aromatic N) is 1. The Kier molecular flexibility index (Phi) is 5.81. The third-order valence-electron chi connectivity index (χ3n) is 3.98. The Morgan fingerprint density at radius 3 is 2.53 bits per heavy atom. The van der Waals surface area contributed by atoms with Crippen LogP contribution >= 0.6 is 0 Å². The quantitative estimate of drug-likeness (QED) is 0.818. The molecule has 1 heterocycles. The number of piperidine rings is 1. The Morgan fingerprint density at radius 1 is 1.37 bits per heavy atom. The van der Waals surface area contributed by atoms with Gasteiger partial charge in [-0.1, -0.05) is 27.2 Å². The summed E-state index contributed by atoms with van der Waals surface area (Å²) in [4.78, 5) is 14.5. The fourth-order valence-electron chi connectivity index (χ4n) is 2.47. The third-order valence-corrected chi connectivity index (χ3v) is 3.98. The van der Waals surface area contributed by atoms with E-state index in [1.54, 1.807) is 0 Å². The molecular weight excluding hydrogens is 240 g/mol. The summed E-state index contributed by atoms with van der Waals surface area (Å²) in [7, 11) is 0. The summed E-state index contributed by atoms with van der Waals surface area (Å²) in [5.74, 6) is 0.0664. The summed E-state index contributed by atoms with van der Waals surface area (Å²) in [5, 5.41) is 12.9. The number of hydrogen-bond donors (Lipinski definition) is 2. The average Bonchev–Trinajstić information content (AvgIpc) is 2.34. The Labute approximate surface area is 117 Å². The lowest BCUT2D eigenvalue weighted by atomic mass is 9.89. The van der Waals surface area contributed by atoms with Crippen LogP contribution in [0, 0.1) is 5.41 Å². The second-order valence-electron chi connectivity index (χ2n) is 6.97. The van der Waals surface area contributed by atoms with Crippen molar-refractivity contribution in [3.63, 3.8) is 0 Å². The maximum Gasteiger partial charge on any atom is 0.237 e. The monoisotopic (exact) mass is 270 g/mol. The minimum Gasteiger partial charge on any atom is -0.391 e. The fraction of sp³-hybridized carbons (Fsp3) is 0.933. The lowest BCUT2D eigenvalue weighted by molar-refractivity contribution is -0.129. The van der Waals surface area contributed by atoms with E-state index in [1.165, 1.54) is 6.42 Å². The molecule has 4 heteroatoms. The Hall–Kier alpha value is -0.610. The molecule has 2 unspecified atom stereocenters. The van der Waals surface area contributed by atoms with E-state index in [0.717, 1.165) is 19.4 Å². The van der Waals surface area contributed by atoms with Crippen molar-refractivity contribution in [1.82, 2.24) is 10.2 Å². The smallest absolute Gasteiger partial charge is 0.237 e. The SMILES string of the molecule is CC(C)N1CCCCC1C(=O)NCC(O)C(C)(C)C. The van der Waals surface area contributed by atoms with Crippen LogP contribution in [0.2, 0.25) is 0 Å². The highest BCUT2D eigenvalue weighted by Gasteiger charge is 2.31. The molecule has 2 N–H and O–H groups in total. The Bertz CT molecular complexity index is 297. The first-order valence-electron chi connectivity index (χ1n) is 7.45. The zero-order valence-electron chi connectivity index (χ0n) is 13.1. The van der Waals surface area contributed by atoms with Crippen molar-refractivity contribution in [2.45, 2.75) is 72.1 Å². The standard InChI is InChI=1S/C15H30N2O2/c1-11(2)17-9-7-6-8-12(17)14(19)16-10-13(18)15(3,4)5/h11-13,18H,6-10H2,1-5H3,(H,16,19). The molecule has 2 atom stereocenters. The van der Waals surface area contributed by atoms with E-state index in [2.05, 4.69) is 24.1 Å². The molecular formula is C15H30N2O2. The zero-order valence-corrected chi connectivity index (χ0v) is 13.1. The number of rotatable bonds is 4. The Morgan fingerprint density at radius 2 is 2.00 bits per heavy atom. The average molecular weight is 270 g/mol. The molecule has 19 heavy (non-hydrogen) atoms. The van der Waals surface area contributed by atoms with Gasteiger partial charge in [0.15, 0.2) is 0 Å². The van der Waals surface area contributed by atoms with Crippen molar-refractivity contribution in [2.75, 3.05) is 13.1 Å². The predicted molar refractivity (Wildman–Crippen MR) is 78.0 cm³/mol. The van der Waals surface area contributed by atoms with E-state index in [0.29, 0.717) is 12.6 Å². The van der Waals surface area contributed by atoms with Crippen LogP contribution in [0.1, 0.15) is 53.9 Å². The number of likely N-dealkylation sites (tertiary alicyclic amines) is 1. The molecule has 1 amide bonds. The molecule has 1 rings (SSSR count). The summed E-state index contributed by atoms with van der Waals surface area (Å²) in [6, 6.07) is 0.365. The second kappa shape index (κ2) is 6.71. The van der Waals surface area contributed by atoms with Crippen LogP contribution in [0.5, 0.6) is 0 Å². The van der Waals surface area contributed by atoms with Gasteiger partial charge in [-0.05, 0) is 38.6 Å². The van der Waals surface area contributed by atoms with Gasteiger partial charge >= 0.3 is 0 Å². The van der Waals surface area contributed by atoms with Crippen molar-refractivity contribution in [2.24, 2.45) is 5.41 Å². The molecule has 1 fully saturated rings. The Balaban J connectivity index is 2.52. The third kappa shape index (κ3) is 4.77. The molecule has 0 spiro atoms. The van der Waals surface area contributed by atoms with Gasteiger partial charge in [0.05, 0.1) is 12.1 Å². The molecule has 0 bridgehead atoms. The van der Waals surface area contributed by atoms with E-state index in [4.69, 9.17) is 0 Å². The van der Waals surface area contributed by atoms with Crippen LogP contribution in [-0.2, 0) is 4.79 Å². The summed E-state index contributed by atoms with van der Waals surface area (Å²) in [6.45, 7) is 11.5. The largest absolute Gasteiger partial charge is 0.391 e. The normalized spacial score (nSPS) is 23.4. The van der Waals surface area contributed by atoms with E-state index >= 15 is 0 Å². The van der Waals surface area contributed by atoms with Gasteiger partial charge in [-0.2, -0.15) is 0 Å². The van der Waals surface area contributed by atoms with E-state index < -0.39 is 6.10 Å². The number of amides is 1. The minimum absolute atomic E-state index is 0.0269. The summed E-state index contributed by atoms with van der Waals surface area (Å²) in [6.07, 6.45) is 2.71. The predicted octanol–water partition coefficient (Wildman–Crippen LogP) is 1.77. The number of aliphatic hydroxyl groups is 1. The molecule has 0 aromatic heterocycles. The highest BCUT2D eigenvalue weighted by Crippen LogP contribution is 2.21. The number of nitrogens with one attached hydrogen (secondary N) is 1. The number of aliphatic hydroxyl groups excluding tert-OH is 1. The van der Waals surface area contributed by atoms with Crippen molar-refractivity contribution in [3.8, 4) is 0 Å². The van der Waals surface area contributed by atoms with E-state index in [-0.39, 0.29) is 17.4 Å². The first-order chi connectivity index (χ1) is 8.73. The first-order valence-corrected chi connectivity index (χ1v) is 7.45. The summed E-state index contributed by atoms with van der Waals surface area (Å²) >= 11 is 0. The molecule has 1 saturated heterocycles. The molecule has 0 aromatic carbocycles. The van der Waals surface area contributed by atoms with Crippen LogP contribution in [0.15, 0.2) is 0 Å². The first kappa shape index (κ1) is 16.4. The molecule has 0 aliphatic carbocycles. The van der Waals surface area contributed by atoms with Crippen LogP contribution in [0.25, 0.3) is 0 Å². The molecule has 0 saturated carbocycles.